The van der Waals surface area contributed by atoms with Gasteiger partial charge in [-0.05, 0) is 18.6 Å². The number of dihydropyridines is 1. The molecule has 138 valence electrons. The van der Waals surface area contributed by atoms with Crippen LogP contribution in [0.25, 0.3) is 0 Å². The lowest BCUT2D eigenvalue weighted by molar-refractivity contribution is 0.141. The molecule has 2 N–H and O–H groups in total. The van der Waals surface area contributed by atoms with Gasteiger partial charge in [0, 0.05) is 43.0 Å². The fraction of sp³-hybridized carbons (Fsp3) is 0.368. The van der Waals surface area contributed by atoms with Crippen molar-refractivity contribution in [1.82, 2.24) is 15.5 Å². The third-order valence-corrected chi connectivity index (χ3v) is 4.35. The molecule has 6 nitrogen and oxygen atoms in total. The normalized spacial score (nSPS) is 16.9. The molecule has 0 spiro atoms. The number of likely N-dealkylation sites (N-methyl/N-ethyl adjacent to an activating group) is 1. The molecule has 1 unspecified atom stereocenters. The van der Waals surface area contributed by atoms with E-state index < -0.39 is 0 Å². The molecule has 26 heavy (non-hydrogen) atoms. The molecule has 0 saturated carbocycles. The van der Waals surface area contributed by atoms with E-state index in [1.54, 1.807) is 7.05 Å². The van der Waals surface area contributed by atoms with Crippen LogP contribution in [0.5, 0.6) is 0 Å². The Balaban J connectivity index is 1.90. The van der Waals surface area contributed by atoms with Crippen molar-refractivity contribution in [2.75, 3.05) is 33.9 Å². The quantitative estimate of drug-likeness (QED) is 0.264. The first-order chi connectivity index (χ1) is 12.5. The summed E-state index contributed by atoms with van der Waals surface area (Å²) in [7, 11) is 3.49. The molecule has 0 fully saturated rings. The zero-order chi connectivity index (χ0) is 18.9. The van der Waals surface area contributed by atoms with Gasteiger partial charge in [-0.2, -0.15) is 5.26 Å². The van der Waals surface area contributed by atoms with Crippen LogP contribution >= 0.6 is 11.6 Å². The van der Waals surface area contributed by atoms with Crippen molar-refractivity contribution < 1.29 is 4.74 Å². The summed E-state index contributed by atoms with van der Waals surface area (Å²) < 4.78 is 5.78. The van der Waals surface area contributed by atoms with Gasteiger partial charge in [0.25, 0.3) is 0 Å². The van der Waals surface area contributed by atoms with E-state index in [9.17, 15) is 0 Å². The first kappa shape index (κ1) is 19.8. The number of rotatable bonds is 6. The van der Waals surface area contributed by atoms with Gasteiger partial charge in [0.05, 0.1) is 13.2 Å². The number of aliphatic imine (C=N–C) groups is 1. The highest BCUT2D eigenvalue weighted by atomic mass is 35.5. The molecule has 7 heteroatoms. The number of halogens is 1. The smallest absolute Gasteiger partial charge is 0.206 e. The number of hydrogen-bond acceptors (Lipinski definition) is 4. The van der Waals surface area contributed by atoms with E-state index in [1.165, 1.54) is 0 Å². The summed E-state index contributed by atoms with van der Waals surface area (Å²) in [5.41, 5.74) is 3.17. The maximum atomic E-state index is 8.69. The van der Waals surface area contributed by atoms with E-state index in [0.717, 1.165) is 22.0 Å². The minimum Gasteiger partial charge on any atom is -0.373 e. The van der Waals surface area contributed by atoms with E-state index in [2.05, 4.69) is 27.8 Å². The lowest BCUT2D eigenvalue weighted by Crippen LogP contribution is -2.38. The van der Waals surface area contributed by atoms with Crippen molar-refractivity contribution in [1.29, 1.82) is 5.26 Å². The SMILES string of the molecule is CN=C(NC#N)N(C)CCOCC1=CC(c2ccccc2Cl)C=C(C)N1. The Morgan fingerprint density at radius 2 is 2.19 bits per heavy atom. The number of nitrogens with one attached hydrogen (secondary N) is 2. The van der Waals surface area contributed by atoms with E-state index in [0.29, 0.717) is 25.7 Å². The van der Waals surface area contributed by atoms with Crippen LogP contribution in [0.3, 0.4) is 0 Å². The van der Waals surface area contributed by atoms with Gasteiger partial charge in [0.1, 0.15) is 0 Å². The third-order valence-electron chi connectivity index (χ3n) is 4.00. The zero-order valence-corrected chi connectivity index (χ0v) is 16.0. The van der Waals surface area contributed by atoms with E-state index in [4.69, 9.17) is 21.6 Å². The highest BCUT2D eigenvalue weighted by Gasteiger charge is 2.16. The van der Waals surface area contributed by atoms with Crippen molar-refractivity contribution >= 4 is 17.6 Å². The van der Waals surface area contributed by atoms with Crippen LogP contribution in [-0.2, 0) is 4.74 Å². The second-order valence-corrected chi connectivity index (χ2v) is 6.38. The molecular formula is C19H24ClN5O. The summed E-state index contributed by atoms with van der Waals surface area (Å²) in [4.78, 5) is 5.85. The molecule has 0 amide bonds. The predicted molar refractivity (Wildman–Crippen MR) is 105 cm³/mol. The molecule has 0 saturated heterocycles. The lowest BCUT2D eigenvalue weighted by atomic mass is 9.94. The summed E-state index contributed by atoms with van der Waals surface area (Å²) in [6, 6.07) is 7.88. The summed E-state index contributed by atoms with van der Waals surface area (Å²) in [6.07, 6.45) is 6.15. The molecule has 1 aromatic carbocycles. The summed E-state index contributed by atoms with van der Waals surface area (Å²) in [6.45, 7) is 3.64. The zero-order valence-electron chi connectivity index (χ0n) is 15.3. The van der Waals surface area contributed by atoms with Crippen LogP contribution < -0.4 is 10.6 Å². The van der Waals surface area contributed by atoms with Crippen molar-refractivity contribution in [3.8, 4) is 6.19 Å². The first-order valence-electron chi connectivity index (χ1n) is 8.36. The second kappa shape index (κ2) is 9.85. The Morgan fingerprint density at radius 1 is 1.42 bits per heavy atom. The minimum atomic E-state index is 0.130. The predicted octanol–water partition coefficient (Wildman–Crippen LogP) is 2.82. The Bertz CT molecular complexity index is 751. The summed E-state index contributed by atoms with van der Waals surface area (Å²) in [5.74, 6) is 0.647. The Morgan fingerprint density at radius 3 is 2.88 bits per heavy atom. The van der Waals surface area contributed by atoms with Gasteiger partial charge in [-0.1, -0.05) is 42.0 Å². The highest BCUT2D eigenvalue weighted by molar-refractivity contribution is 6.31. The van der Waals surface area contributed by atoms with Crippen molar-refractivity contribution in [2.24, 2.45) is 4.99 Å². The maximum absolute atomic E-state index is 8.69. The topological polar surface area (TPSA) is 72.7 Å². The molecule has 0 bridgehead atoms. The summed E-state index contributed by atoms with van der Waals surface area (Å²) in [5, 5.41) is 15.3. The van der Waals surface area contributed by atoms with Gasteiger partial charge >= 0.3 is 0 Å². The maximum Gasteiger partial charge on any atom is 0.206 e. The van der Waals surface area contributed by atoms with Crippen LogP contribution in [0.15, 0.2) is 52.8 Å². The number of guanidine groups is 1. The number of allylic oxidation sites excluding steroid dienone is 3. The number of ether oxygens (including phenoxy) is 1. The Kier molecular flexibility index (Phi) is 7.52. The number of benzene rings is 1. The van der Waals surface area contributed by atoms with E-state index in [-0.39, 0.29) is 5.92 Å². The standard InChI is InChI=1S/C19H24ClN5O/c1-14-10-15(17-6-4-5-7-18(17)20)11-16(24-14)12-26-9-8-25(3)19(22-2)23-13-21/h4-7,10-11,15,24H,8-9,12H2,1-3H3,(H,22,23). The third kappa shape index (κ3) is 5.51. The molecule has 2 rings (SSSR count). The van der Waals surface area contributed by atoms with Gasteiger partial charge in [0.15, 0.2) is 6.19 Å². The van der Waals surface area contributed by atoms with E-state index in [1.807, 2.05) is 49.3 Å². The number of hydrogen-bond donors (Lipinski definition) is 2. The lowest BCUT2D eigenvalue weighted by Gasteiger charge is -2.23. The van der Waals surface area contributed by atoms with Gasteiger partial charge in [0.2, 0.25) is 5.96 Å². The minimum absolute atomic E-state index is 0.130. The molecule has 0 radical (unpaired) electrons. The average Bonchev–Trinajstić information content (AvgIpc) is 2.63. The van der Waals surface area contributed by atoms with Crippen molar-refractivity contribution in [3.63, 3.8) is 0 Å². The largest absolute Gasteiger partial charge is 0.373 e. The van der Waals surface area contributed by atoms with Crippen LogP contribution in [0.1, 0.15) is 18.4 Å². The van der Waals surface area contributed by atoms with E-state index >= 15 is 0 Å². The molecular weight excluding hydrogens is 350 g/mol. The van der Waals surface area contributed by atoms with Crippen LogP contribution in [0.2, 0.25) is 5.02 Å². The first-order valence-corrected chi connectivity index (χ1v) is 8.74. The molecule has 0 aromatic heterocycles. The van der Waals surface area contributed by atoms with Crippen molar-refractivity contribution in [2.45, 2.75) is 12.8 Å². The Labute approximate surface area is 159 Å². The Hall–Kier alpha value is -2.49. The average molecular weight is 374 g/mol. The molecule has 1 aromatic rings. The fourth-order valence-corrected chi connectivity index (χ4v) is 3.00. The summed E-state index contributed by atoms with van der Waals surface area (Å²) >= 11 is 6.33. The van der Waals surface area contributed by atoms with Gasteiger partial charge < -0.3 is 15.0 Å². The fourth-order valence-electron chi connectivity index (χ4n) is 2.74. The molecule has 1 atom stereocenters. The molecule has 1 aliphatic heterocycles. The second-order valence-electron chi connectivity index (χ2n) is 5.97. The highest BCUT2D eigenvalue weighted by Crippen LogP contribution is 2.30. The van der Waals surface area contributed by atoms with Crippen molar-refractivity contribution in [3.05, 3.63) is 58.4 Å². The van der Waals surface area contributed by atoms with Gasteiger partial charge in [-0.15, -0.1) is 0 Å². The monoisotopic (exact) mass is 373 g/mol. The number of nitrogens with zero attached hydrogens (tertiary/aromatic N) is 3. The molecule has 1 aliphatic rings. The van der Waals surface area contributed by atoms with Crippen LogP contribution in [0, 0.1) is 11.5 Å². The van der Waals surface area contributed by atoms with Crippen LogP contribution in [-0.4, -0.2) is 44.7 Å². The van der Waals surface area contributed by atoms with Gasteiger partial charge in [-0.3, -0.25) is 10.3 Å². The number of nitriles is 1. The van der Waals surface area contributed by atoms with Gasteiger partial charge in [-0.25, -0.2) is 0 Å². The van der Waals surface area contributed by atoms with Crippen LogP contribution in [0.4, 0.5) is 0 Å². The molecule has 1 heterocycles. The molecule has 0 aliphatic carbocycles.